The molecule has 15 heavy (non-hydrogen) atoms. The highest BCUT2D eigenvalue weighted by Crippen LogP contribution is 2.17. The van der Waals surface area contributed by atoms with Crippen LogP contribution < -0.4 is 5.73 Å². The number of hydrogen-bond donors (Lipinski definition) is 1. The first-order valence-corrected chi connectivity index (χ1v) is 4.85. The number of rotatable bonds is 5. The minimum absolute atomic E-state index is 0.136. The number of nitrogens with two attached hydrogens (primary N) is 1. The van der Waals surface area contributed by atoms with Crippen molar-refractivity contribution in [1.82, 2.24) is 10.2 Å². The van der Waals surface area contributed by atoms with E-state index >= 15 is 0 Å². The zero-order valence-corrected chi connectivity index (χ0v) is 8.26. The van der Waals surface area contributed by atoms with Gasteiger partial charge in [-0.25, -0.2) is 0 Å². The molecule has 0 spiro atoms. The summed E-state index contributed by atoms with van der Waals surface area (Å²) >= 11 is 1.07. The second-order valence-corrected chi connectivity index (χ2v) is 3.41. The van der Waals surface area contributed by atoms with Crippen LogP contribution in [0, 0.1) is 0 Å². The smallest absolute Gasteiger partial charge is 0.306 e. The maximum Gasteiger partial charge on any atom is 0.306 e. The Labute approximate surface area is 87.7 Å². The van der Waals surface area contributed by atoms with E-state index in [9.17, 15) is 13.6 Å². The maximum absolute atomic E-state index is 11.6. The fraction of sp³-hybridized carbons (Fsp3) is 0.286. The molecule has 0 aliphatic rings. The summed E-state index contributed by atoms with van der Waals surface area (Å²) in [6, 6.07) is 0. The van der Waals surface area contributed by atoms with Crippen molar-refractivity contribution in [3.8, 4) is 0 Å². The Balaban J connectivity index is 2.38. The molecular formula is C7H7F2N3O2S. The molecule has 0 aliphatic carbocycles. The van der Waals surface area contributed by atoms with Crippen LogP contribution in [0.2, 0.25) is 0 Å². The normalized spacial score (nSPS) is 10.0. The zero-order valence-electron chi connectivity index (χ0n) is 7.44. The van der Waals surface area contributed by atoms with Gasteiger partial charge in [0.15, 0.2) is 0 Å². The molecule has 1 amide bonds. The molecule has 0 saturated carbocycles. The van der Waals surface area contributed by atoms with Gasteiger partial charge in [0.2, 0.25) is 0 Å². The van der Waals surface area contributed by atoms with E-state index in [1.807, 2.05) is 0 Å². The Bertz CT molecular complexity index is 376. The Morgan fingerprint density at radius 2 is 2.27 bits per heavy atom. The van der Waals surface area contributed by atoms with Crippen LogP contribution in [0.25, 0.3) is 0 Å². The number of carbonyl (C=O) groups excluding carboxylic acids is 1. The van der Waals surface area contributed by atoms with E-state index in [1.165, 1.54) is 0 Å². The van der Waals surface area contributed by atoms with E-state index in [0.29, 0.717) is 5.75 Å². The number of primary amides is 1. The molecule has 5 nitrogen and oxygen atoms in total. The molecule has 0 saturated heterocycles. The number of aromatic nitrogens is 2. The summed E-state index contributed by atoms with van der Waals surface area (Å²) in [6.07, 6.45) is -0.751. The summed E-state index contributed by atoms with van der Waals surface area (Å²) in [5, 5.41) is 6.98. The fourth-order valence-electron chi connectivity index (χ4n) is 0.682. The van der Waals surface area contributed by atoms with Crippen molar-refractivity contribution in [3.05, 3.63) is 18.0 Å². The molecule has 0 aromatic carbocycles. The number of nitrogens with zero attached hydrogens (tertiary/aromatic N) is 2. The second-order valence-electron chi connectivity index (χ2n) is 2.37. The third-order valence-corrected chi connectivity index (χ3v) is 2.11. The molecule has 0 atom stereocenters. The van der Waals surface area contributed by atoms with Gasteiger partial charge in [-0.2, -0.15) is 8.78 Å². The molecule has 2 N–H and O–H groups in total. The number of thioether (sulfide) groups is 1. The summed E-state index contributed by atoms with van der Waals surface area (Å²) in [5.41, 5.74) is 4.87. The average molecular weight is 235 g/mol. The van der Waals surface area contributed by atoms with Crippen molar-refractivity contribution >= 4 is 17.7 Å². The predicted molar refractivity (Wildman–Crippen MR) is 48.5 cm³/mol. The van der Waals surface area contributed by atoms with Crippen molar-refractivity contribution in [3.63, 3.8) is 0 Å². The van der Waals surface area contributed by atoms with Crippen LogP contribution in [-0.4, -0.2) is 21.9 Å². The van der Waals surface area contributed by atoms with E-state index in [2.05, 4.69) is 10.2 Å². The lowest BCUT2D eigenvalue weighted by molar-refractivity contribution is 0.0962. The third kappa shape index (κ3) is 4.07. The fourth-order valence-corrected chi connectivity index (χ4v) is 1.33. The summed E-state index contributed by atoms with van der Waals surface area (Å²) in [4.78, 5) is 10.5. The van der Waals surface area contributed by atoms with Crippen molar-refractivity contribution in [2.24, 2.45) is 5.73 Å². The van der Waals surface area contributed by atoms with Gasteiger partial charge >= 0.3 is 11.8 Å². The van der Waals surface area contributed by atoms with Crippen molar-refractivity contribution in [1.29, 1.82) is 0 Å². The molecular weight excluding hydrogens is 228 g/mol. The van der Waals surface area contributed by atoms with Gasteiger partial charge < -0.3 is 10.2 Å². The monoisotopic (exact) mass is 235 g/mol. The maximum atomic E-state index is 11.6. The van der Waals surface area contributed by atoms with E-state index in [4.69, 9.17) is 10.2 Å². The SMILES string of the molecule is NC(=O)c1nnc(SCCC=C(F)F)o1. The Hall–Kier alpha value is -1.44. The van der Waals surface area contributed by atoms with E-state index in [0.717, 1.165) is 17.8 Å². The van der Waals surface area contributed by atoms with Crippen LogP contribution in [-0.2, 0) is 0 Å². The molecule has 0 bridgehead atoms. The number of amides is 1. The van der Waals surface area contributed by atoms with Gasteiger partial charge in [-0.1, -0.05) is 11.8 Å². The van der Waals surface area contributed by atoms with Crippen LogP contribution in [0.5, 0.6) is 0 Å². The van der Waals surface area contributed by atoms with Gasteiger partial charge in [-0.15, -0.1) is 10.2 Å². The average Bonchev–Trinajstić information content (AvgIpc) is 2.60. The Kier molecular flexibility index (Phi) is 4.22. The lowest BCUT2D eigenvalue weighted by atomic mass is 10.5. The first-order chi connectivity index (χ1) is 7.09. The molecule has 1 rings (SSSR count). The molecule has 0 radical (unpaired) electrons. The summed E-state index contributed by atoms with van der Waals surface area (Å²) < 4.78 is 28.0. The van der Waals surface area contributed by atoms with Gasteiger partial charge in [0.25, 0.3) is 11.3 Å². The van der Waals surface area contributed by atoms with Crippen LogP contribution in [0.4, 0.5) is 8.78 Å². The van der Waals surface area contributed by atoms with Crippen LogP contribution in [0.1, 0.15) is 17.1 Å². The molecule has 1 aromatic heterocycles. The number of halogens is 2. The van der Waals surface area contributed by atoms with Crippen LogP contribution in [0.15, 0.2) is 21.8 Å². The molecule has 0 fully saturated rings. The van der Waals surface area contributed by atoms with Crippen LogP contribution >= 0.6 is 11.8 Å². The lowest BCUT2D eigenvalue weighted by Gasteiger charge is -1.90. The van der Waals surface area contributed by atoms with Crippen molar-refractivity contribution < 1.29 is 18.0 Å². The number of allylic oxidation sites excluding steroid dienone is 1. The van der Waals surface area contributed by atoms with E-state index < -0.39 is 12.0 Å². The lowest BCUT2D eigenvalue weighted by Crippen LogP contribution is -2.10. The zero-order chi connectivity index (χ0) is 11.3. The number of carbonyl (C=O) groups is 1. The first-order valence-electron chi connectivity index (χ1n) is 3.87. The van der Waals surface area contributed by atoms with E-state index in [-0.39, 0.29) is 17.5 Å². The summed E-state index contributed by atoms with van der Waals surface area (Å²) in [6.45, 7) is 0. The minimum Gasteiger partial charge on any atom is -0.407 e. The largest absolute Gasteiger partial charge is 0.407 e. The van der Waals surface area contributed by atoms with Crippen molar-refractivity contribution in [2.45, 2.75) is 11.6 Å². The summed E-state index contributed by atoms with van der Waals surface area (Å²) in [5.74, 6) is -0.744. The molecule has 82 valence electrons. The molecule has 8 heteroatoms. The highest BCUT2D eigenvalue weighted by molar-refractivity contribution is 7.99. The van der Waals surface area contributed by atoms with Gasteiger partial charge in [0, 0.05) is 5.75 Å². The topological polar surface area (TPSA) is 82.0 Å². The van der Waals surface area contributed by atoms with Gasteiger partial charge in [0.1, 0.15) is 0 Å². The van der Waals surface area contributed by atoms with Gasteiger partial charge in [0.05, 0.1) is 0 Å². The summed E-state index contributed by atoms with van der Waals surface area (Å²) in [7, 11) is 0. The Morgan fingerprint density at radius 1 is 1.53 bits per heavy atom. The minimum atomic E-state index is -1.72. The Morgan fingerprint density at radius 3 is 2.80 bits per heavy atom. The molecule has 1 aromatic rings. The van der Waals surface area contributed by atoms with Gasteiger partial charge in [-0.3, -0.25) is 4.79 Å². The first kappa shape index (κ1) is 11.6. The quantitative estimate of drug-likeness (QED) is 0.616. The molecule has 0 aliphatic heterocycles. The second kappa shape index (κ2) is 5.44. The predicted octanol–water partition coefficient (Wildman–Crippen LogP) is 1.43. The highest BCUT2D eigenvalue weighted by atomic mass is 32.2. The van der Waals surface area contributed by atoms with Gasteiger partial charge in [-0.05, 0) is 12.5 Å². The van der Waals surface area contributed by atoms with E-state index in [1.54, 1.807) is 0 Å². The third-order valence-electron chi connectivity index (χ3n) is 1.26. The molecule has 0 unspecified atom stereocenters. The van der Waals surface area contributed by atoms with Crippen molar-refractivity contribution in [2.75, 3.05) is 5.75 Å². The highest BCUT2D eigenvalue weighted by Gasteiger charge is 2.10. The molecule has 1 heterocycles. The van der Waals surface area contributed by atoms with Crippen LogP contribution in [0.3, 0.4) is 0 Å². The number of hydrogen-bond acceptors (Lipinski definition) is 5. The standard InChI is InChI=1S/C7H7F2N3O2S/c8-4(9)2-1-3-15-7-12-11-6(14-7)5(10)13/h2H,1,3H2,(H2,10,13).